The number of ether oxygens (including phenoxy) is 1. The number of benzene rings is 1. The van der Waals surface area contributed by atoms with Gasteiger partial charge in [0.05, 0.1) is 12.0 Å². The van der Waals surface area contributed by atoms with Crippen molar-refractivity contribution in [1.29, 1.82) is 0 Å². The monoisotopic (exact) mass is 304 g/mol. The van der Waals surface area contributed by atoms with Crippen molar-refractivity contribution >= 4 is 34.5 Å². The highest BCUT2D eigenvalue weighted by molar-refractivity contribution is 7.80. The van der Waals surface area contributed by atoms with Gasteiger partial charge in [0.15, 0.2) is 5.11 Å². The van der Waals surface area contributed by atoms with Crippen LogP contribution in [0.25, 0.3) is 0 Å². The normalized spacial score (nSPS) is 9.76. The minimum absolute atomic E-state index is 0.0766. The molecule has 0 atom stereocenters. The molecular formula is C13H12N4O3S. The van der Waals surface area contributed by atoms with Gasteiger partial charge in [0.2, 0.25) is 0 Å². The summed E-state index contributed by atoms with van der Waals surface area (Å²) in [5, 5.41) is 16.7. The number of aromatic nitrogens is 1. The average Bonchev–Trinajstić information content (AvgIpc) is 2.47. The van der Waals surface area contributed by atoms with Crippen molar-refractivity contribution in [1.82, 2.24) is 4.98 Å². The minimum Gasteiger partial charge on any atom is -0.497 e. The number of anilines is 2. The number of nitrogens with zero attached hydrogens (tertiary/aromatic N) is 2. The summed E-state index contributed by atoms with van der Waals surface area (Å²) in [6.45, 7) is 0. The molecule has 1 aromatic heterocycles. The molecule has 2 N–H and O–H groups in total. The molecule has 0 aliphatic carbocycles. The van der Waals surface area contributed by atoms with Crippen LogP contribution < -0.4 is 15.4 Å². The maximum Gasteiger partial charge on any atom is 0.287 e. The number of hydrogen-bond acceptors (Lipinski definition) is 5. The van der Waals surface area contributed by atoms with Crippen LogP contribution in [-0.2, 0) is 0 Å². The van der Waals surface area contributed by atoms with Gasteiger partial charge >= 0.3 is 0 Å². The van der Waals surface area contributed by atoms with E-state index < -0.39 is 4.92 Å². The molecule has 2 aromatic rings. The summed E-state index contributed by atoms with van der Waals surface area (Å²) in [5.41, 5.74) is 0.681. The van der Waals surface area contributed by atoms with Crippen molar-refractivity contribution in [2.45, 2.75) is 0 Å². The second-order valence-electron chi connectivity index (χ2n) is 3.97. The topological polar surface area (TPSA) is 89.3 Å². The highest BCUT2D eigenvalue weighted by Crippen LogP contribution is 2.17. The molecule has 108 valence electrons. The molecule has 0 saturated heterocycles. The zero-order valence-corrected chi connectivity index (χ0v) is 11.9. The lowest BCUT2D eigenvalue weighted by Crippen LogP contribution is -2.19. The fourth-order valence-corrected chi connectivity index (χ4v) is 1.77. The number of methoxy groups -OCH3 is 1. The first-order valence-electron chi connectivity index (χ1n) is 5.91. The Bertz CT molecular complexity index is 661. The van der Waals surface area contributed by atoms with Crippen LogP contribution in [0.15, 0.2) is 42.6 Å². The van der Waals surface area contributed by atoms with E-state index >= 15 is 0 Å². The van der Waals surface area contributed by atoms with Crippen molar-refractivity contribution in [2.24, 2.45) is 0 Å². The molecule has 0 aliphatic rings. The summed E-state index contributed by atoms with van der Waals surface area (Å²) in [7, 11) is 1.58. The lowest BCUT2D eigenvalue weighted by Gasteiger charge is -2.10. The van der Waals surface area contributed by atoms with E-state index in [-0.39, 0.29) is 5.69 Å². The molecule has 1 heterocycles. The summed E-state index contributed by atoms with van der Waals surface area (Å²) >= 11 is 5.15. The summed E-state index contributed by atoms with van der Waals surface area (Å²) in [6, 6.07) is 10.1. The van der Waals surface area contributed by atoms with Gasteiger partial charge in [-0.3, -0.25) is 10.1 Å². The van der Waals surface area contributed by atoms with Gasteiger partial charge in [-0.05, 0) is 30.4 Å². The third-order valence-corrected chi connectivity index (χ3v) is 2.73. The van der Waals surface area contributed by atoms with E-state index in [1.807, 2.05) is 18.2 Å². The van der Waals surface area contributed by atoms with Crippen molar-refractivity contribution < 1.29 is 9.66 Å². The van der Waals surface area contributed by atoms with Crippen LogP contribution in [0.2, 0.25) is 0 Å². The molecule has 0 unspecified atom stereocenters. The molecule has 0 spiro atoms. The summed E-state index contributed by atoms with van der Waals surface area (Å²) in [6.07, 6.45) is 1.16. The second-order valence-corrected chi connectivity index (χ2v) is 4.38. The zero-order chi connectivity index (χ0) is 15.2. The van der Waals surface area contributed by atoms with Gasteiger partial charge in [-0.15, -0.1) is 0 Å². The summed E-state index contributed by atoms with van der Waals surface area (Å²) in [5.74, 6) is 1.12. The molecule has 1 aromatic carbocycles. The highest BCUT2D eigenvalue weighted by atomic mass is 32.1. The van der Waals surface area contributed by atoms with Crippen LogP contribution in [0.5, 0.6) is 5.75 Å². The van der Waals surface area contributed by atoms with Gasteiger partial charge in [-0.2, -0.15) is 0 Å². The van der Waals surface area contributed by atoms with Crippen LogP contribution in [0.1, 0.15) is 0 Å². The summed E-state index contributed by atoms with van der Waals surface area (Å²) < 4.78 is 5.11. The third-order valence-electron chi connectivity index (χ3n) is 2.53. The first-order valence-corrected chi connectivity index (χ1v) is 6.32. The molecule has 0 aliphatic heterocycles. The van der Waals surface area contributed by atoms with E-state index in [0.29, 0.717) is 16.7 Å². The second kappa shape index (κ2) is 6.62. The van der Waals surface area contributed by atoms with Gasteiger partial charge in [0.1, 0.15) is 17.8 Å². The quantitative estimate of drug-likeness (QED) is 0.510. The lowest BCUT2D eigenvalue weighted by molar-refractivity contribution is -0.385. The number of nitrogens with one attached hydrogen (secondary N) is 2. The Hall–Kier alpha value is -2.74. The Morgan fingerprint density at radius 3 is 2.76 bits per heavy atom. The molecular weight excluding hydrogens is 292 g/mol. The highest BCUT2D eigenvalue weighted by Gasteiger charge is 2.06. The molecule has 0 fully saturated rings. The van der Waals surface area contributed by atoms with Crippen LogP contribution in [0.4, 0.5) is 17.2 Å². The van der Waals surface area contributed by atoms with Crippen LogP contribution >= 0.6 is 12.2 Å². The fourth-order valence-electron chi connectivity index (χ4n) is 1.55. The Labute approximate surface area is 126 Å². The number of nitro groups is 1. The number of hydrogen-bond donors (Lipinski definition) is 2. The van der Waals surface area contributed by atoms with E-state index in [0.717, 1.165) is 11.9 Å². The Kier molecular flexibility index (Phi) is 4.62. The van der Waals surface area contributed by atoms with Crippen molar-refractivity contribution in [3.63, 3.8) is 0 Å². The zero-order valence-electron chi connectivity index (χ0n) is 11.1. The van der Waals surface area contributed by atoms with Crippen molar-refractivity contribution in [3.8, 4) is 5.75 Å². The molecule has 2 rings (SSSR count). The Balaban J connectivity index is 1.99. The van der Waals surface area contributed by atoms with Gasteiger partial charge < -0.3 is 15.4 Å². The van der Waals surface area contributed by atoms with E-state index in [1.165, 1.54) is 12.1 Å². The van der Waals surface area contributed by atoms with Gasteiger partial charge in [-0.25, -0.2) is 4.98 Å². The first-order chi connectivity index (χ1) is 10.1. The van der Waals surface area contributed by atoms with E-state index in [9.17, 15) is 10.1 Å². The van der Waals surface area contributed by atoms with Crippen LogP contribution in [0.3, 0.4) is 0 Å². The molecule has 0 saturated carbocycles. The Morgan fingerprint density at radius 2 is 2.14 bits per heavy atom. The molecule has 0 bridgehead atoms. The van der Waals surface area contributed by atoms with Crippen molar-refractivity contribution in [3.05, 3.63) is 52.7 Å². The number of rotatable bonds is 4. The van der Waals surface area contributed by atoms with E-state index in [2.05, 4.69) is 15.6 Å². The largest absolute Gasteiger partial charge is 0.497 e. The SMILES string of the molecule is COc1cccc(NC(=S)Nc2ccc([N+](=O)[O-])cn2)c1. The van der Waals surface area contributed by atoms with Crippen LogP contribution in [-0.4, -0.2) is 22.1 Å². The third kappa shape index (κ3) is 4.11. The molecule has 8 heteroatoms. The predicted molar refractivity (Wildman–Crippen MR) is 83.7 cm³/mol. The molecule has 0 radical (unpaired) electrons. The van der Waals surface area contributed by atoms with Gasteiger partial charge in [0, 0.05) is 17.8 Å². The number of pyridine rings is 1. The maximum absolute atomic E-state index is 10.5. The van der Waals surface area contributed by atoms with E-state index in [1.54, 1.807) is 13.2 Å². The minimum atomic E-state index is -0.510. The summed E-state index contributed by atoms with van der Waals surface area (Å²) in [4.78, 5) is 13.9. The molecule has 0 amide bonds. The molecule has 7 nitrogen and oxygen atoms in total. The molecule has 21 heavy (non-hydrogen) atoms. The fraction of sp³-hybridized carbons (Fsp3) is 0.0769. The Morgan fingerprint density at radius 1 is 1.33 bits per heavy atom. The van der Waals surface area contributed by atoms with E-state index in [4.69, 9.17) is 17.0 Å². The van der Waals surface area contributed by atoms with Crippen LogP contribution in [0, 0.1) is 10.1 Å². The van der Waals surface area contributed by atoms with Gasteiger partial charge in [-0.1, -0.05) is 6.07 Å². The smallest absolute Gasteiger partial charge is 0.287 e. The van der Waals surface area contributed by atoms with Gasteiger partial charge in [0.25, 0.3) is 5.69 Å². The number of thiocarbonyl (C=S) groups is 1. The standard InChI is InChI=1S/C13H12N4O3S/c1-20-11-4-2-3-9(7-11)15-13(21)16-12-6-5-10(8-14-12)17(18)19/h2-8H,1H3,(H2,14,15,16,21). The average molecular weight is 304 g/mol. The lowest BCUT2D eigenvalue weighted by atomic mass is 10.3. The van der Waals surface area contributed by atoms with Crippen molar-refractivity contribution in [2.75, 3.05) is 17.7 Å². The predicted octanol–water partition coefficient (Wildman–Crippen LogP) is 2.81. The maximum atomic E-state index is 10.5. The first kappa shape index (κ1) is 14.7.